The fourth-order valence-corrected chi connectivity index (χ4v) is 2.43. The van der Waals surface area contributed by atoms with Gasteiger partial charge in [0, 0.05) is 30.7 Å². The average molecular weight is 298 g/mol. The van der Waals surface area contributed by atoms with Gasteiger partial charge in [0.2, 0.25) is 5.91 Å². The molecule has 5 heteroatoms. The Balaban J connectivity index is 2.37. The van der Waals surface area contributed by atoms with Gasteiger partial charge in [-0.15, -0.1) is 0 Å². The van der Waals surface area contributed by atoms with E-state index in [2.05, 4.69) is 5.32 Å². The first-order valence-corrected chi connectivity index (χ1v) is 6.98. The van der Waals surface area contributed by atoms with Crippen LogP contribution in [-0.4, -0.2) is 10.8 Å². The maximum absolute atomic E-state index is 11.2. The van der Waals surface area contributed by atoms with Crippen LogP contribution in [0.1, 0.15) is 29.2 Å². The fourth-order valence-electron chi connectivity index (χ4n) is 2.43. The molecular weight excluding hydrogens is 280 g/mol. The molecule has 0 aliphatic carbocycles. The number of nitrogens with one attached hydrogen (secondary N) is 1. The van der Waals surface area contributed by atoms with E-state index >= 15 is 0 Å². The number of benzene rings is 2. The van der Waals surface area contributed by atoms with Gasteiger partial charge in [0.15, 0.2) is 0 Å². The molecule has 0 atom stereocenters. The lowest BCUT2D eigenvalue weighted by molar-refractivity contribution is -0.385. The number of carbonyl (C=O) groups is 1. The number of amides is 1. The normalized spacial score (nSPS) is 10.3. The van der Waals surface area contributed by atoms with E-state index in [4.69, 9.17) is 0 Å². The van der Waals surface area contributed by atoms with E-state index < -0.39 is 0 Å². The molecule has 0 aliphatic rings. The van der Waals surface area contributed by atoms with Gasteiger partial charge in [-0.1, -0.05) is 24.3 Å². The summed E-state index contributed by atoms with van der Waals surface area (Å²) in [4.78, 5) is 21.9. The number of nitro benzene ring substituents is 1. The zero-order chi connectivity index (χ0) is 16.3. The standard InChI is InChI=1S/C17H18N2O3/c1-11-9-16(18-13(3)20)12(2)8-15(11)10-14-6-4-5-7-17(14)19(21)22/h4-9H,10H2,1-3H3,(H,18,20). The highest BCUT2D eigenvalue weighted by atomic mass is 16.6. The smallest absolute Gasteiger partial charge is 0.272 e. The summed E-state index contributed by atoms with van der Waals surface area (Å²) in [5.41, 5.74) is 4.53. The number of para-hydroxylation sites is 1. The molecule has 2 aromatic rings. The van der Waals surface area contributed by atoms with Gasteiger partial charge in [-0.05, 0) is 36.6 Å². The minimum Gasteiger partial charge on any atom is -0.326 e. The van der Waals surface area contributed by atoms with Crippen molar-refractivity contribution < 1.29 is 9.72 Å². The Morgan fingerprint density at radius 1 is 1.14 bits per heavy atom. The predicted molar refractivity (Wildman–Crippen MR) is 86.1 cm³/mol. The molecule has 0 heterocycles. The lowest BCUT2D eigenvalue weighted by Crippen LogP contribution is -2.08. The van der Waals surface area contributed by atoms with E-state index in [0.29, 0.717) is 12.0 Å². The first kappa shape index (κ1) is 15.7. The average Bonchev–Trinajstić information content (AvgIpc) is 2.44. The maximum Gasteiger partial charge on any atom is 0.272 e. The van der Waals surface area contributed by atoms with Crippen LogP contribution in [-0.2, 0) is 11.2 Å². The van der Waals surface area contributed by atoms with Crippen molar-refractivity contribution in [1.29, 1.82) is 0 Å². The molecule has 22 heavy (non-hydrogen) atoms. The third-order valence-electron chi connectivity index (χ3n) is 3.56. The highest BCUT2D eigenvalue weighted by Crippen LogP contribution is 2.26. The molecule has 5 nitrogen and oxygen atoms in total. The Morgan fingerprint density at radius 2 is 1.82 bits per heavy atom. The van der Waals surface area contributed by atoms with Crippen molar-refractivity contribution >= 4 is 17.3 Å². The van der Waals surface area contributed by atoms with Crippen LogP contribution in [0.2, 0.25) is 0 Å². The second-order valence-corrected chi connectivity index (χ2v) is 5.34. The molecule has 0 fully saturated rings. The van der Waals surface area contributed by atoms with Crippen LogP contribution in [0.25, 0.3) is 0 Å². The monoisotopic (exact) mass is 298 g/mol. The van der Waals surface area contributed by atoms with E-state index in [1.165, 1.54) is 13.0 Å². The van der Waals surface area contributed by atoms with E-state index in [0.717, 1.165) is 22.4 Å². The molecule has 0 radical (unpaired) electrons. The van der Waals surface area contributed by atoms with Gasteiger partial charge in [-0.3, -0.25) is 14.9 Å². The summed E-state index contributed by atoms with van der Waals surface area (Å²) in [5, 5.41) is 13.9. The number of rotatable bonds is 4. The van der Waals surface area contributed by atoms with Crippen molar-refractivity contribution in [2.75, 3.05) is 5.32 Å². The molecular formula is C17H18N2O3. The quantitative estimate of drug-likeness (QED) is 0.690. The first-order chi connectivity index (χ1) is 10.4. The van der Waals surface area contributed by atoms with E-state index in [-0.39, 0.29) is 16.5 Å². The van der Waals surface area contributed by atoms with Crippen molar-refractivity contribution in [3.8, 4) is 0 Å². The number of hydrogen-bond acceptors (Lipinski definition) is 3. The van der Waals surface area contributed by atoms with Crippen molar-refractivity contribution in [3.63, 3.8) is 0 Å². The van der Waals surface area contributed by atoms with Crippen molar-refractivity contribution in [1.82, 2.24) is 0 Å². The third kappa shape index (κ3) is 3.49. The van der Waals surface area contributed by atoms with Crippen LogP contribution >= 0.6 is 0 Å². The van der Waals surface area contributed by atoms with Gasteiger partial charge in [0.05, 0.1) is 4.92 Å². The molecule has 114 valence electrons. The molecule has 0 saturated heterocycles. The number of carbonyl (C=O) groups excluding carboxylic acids is 1. The maximum atomic E-state index is 11.2. The topological polar surface area (TPSA) is 72.2 Å². The number of aryl methyl sites for hydroxylation is 2. The Labute approximate surface area is 129 Å². The molecule has 2 aromatic carbocycles. The molecule has 1 N–H and O–H groups in total. The molecule has 0 spiro atoms. The second kappa shape index (κ2) is 6.39. The molecule has 1 amide bonds. The number of nitro groups is 1. The summed E-state index contributed by atoms with van der Waals surface area (Å²) in [7, 11) is 0. The van der Waals surface area contributed by atoms with Crippen LogP contribution in [0.15, 0.2) is 36.4 Å². The van der Waals surface area contributed by atoms with E-state index in [9.17, 15) is 14.9 Å². The Kier molecular flexibility index (Phi) is 4.56. The van der Waals surface area contributed by atoms with Crippen molar-refractivity contribution in [2.45, 2.75) is 27.2 Å². The lowest BCUT2D eigenvalue weighted by atomic mass is 9.96. The second-order valence-electron chi connectivity index (χ2n) is 5.34. The number of nitrogens with zero attached hydrogens (tertiary/aromatic N) is 1. The molecule has 0 aliphatic heterocycles. The Morgan fingerprint density at radius 3 is 2.45 bits per heavy atom. The highest BCUT2D eigenvalue weighted by Gasteiger charge is 2.14. The minimum atomic E-state index is -0.358. The zero-order valence-electron chi connectivity index (χ0n) is 12.8. The summed E-state index contributed by atoms with van der Waals surface area (Å²) in [5.74, 6) is -0.117. The summed E-state index contributed by atoms with van der Waals surface area (Å²) in [6.45, 7) is 5.32. The summed E-state index contributed by atoms with van der Waals surface area (Å²) in [6.07, 6.45) is 0.490. The molecule has 0 bridgehead atoms. The minimum absolute atomic E-state index is 0.117. The molecule has 0 unspecified atom stereocenters. The summed E-state index contributed by atoms with van der Waals surface area (Å²) >= 11 is 0. The van der Waals surface area contributed by atoms with Gasteiger partial charge in [0.25, 0.3) is 5.69 Å². The SMILES string of the molecule is CC(=O)Nc1cc(C)c(Cc2ccccc2[N+](=O)[O-])cc1C. The molecule has 2 rings (SSSR count). The molecule has 0 saturated carbocycles. The third-order valence-corrected chi connectivity index (χ3v) is 3.56. The van der Waals surface area contributed by atoms with Crippen LogP contribution < -0.4 is 5.32 Å². The fraction of sp³-hybridized carbons (Fsp3) is 0.235. The van der Waals surface area contributed by atoms with Gasteiger partial charge in [-0.25, -0.2) is 0 Å². The van der Waals surface area contributed by atoms with Crippen LogP contribution in [0.5, 0.6) is 0 Å². The van der Waals surface area contributed by atoms with Gasteiger partial charge in [0.1, 0.15) is 0 Å². The van der Waals surface area contributed by atoms with Crippen molar-refractivity contribution in [2.24, 2.45) is 0 Å². The van der Waals surface area contributed by atoms with E-state index in [1.54, 1.807) is 18.2 Å². The van der Waals surface area contributed by atoms with Crippen LogP contribution in [0.3, 0.4) is 0 Å². The zero-order valence-corrected chi connectivity index (χ0v) is 12.8. The largest absolute Gasteiger partial charge is 0.326 e. The number of anilines is 1. The van der Waals surface area contributed by atoms with Crippen LogP contribution in [0, 0.1) is 24.0 Å². The summed E-state index contributed by atoms with van der Waals surface area (Å²) < 4.78 is 0. The van der Waals surface area contributed by atoms with Gasteiger partial charge < -0.3 is 5.32 Å². The van der Waals surface area contributed by atoms with Gasteiger partial charge >= 0.3 is 0 Å². The highest BCUT2D eigenvalue weighted by molar-refractivity contribution is 5.89. The Bertz CT molecular complexity index is 739. The molecule has 0 aromatic heterocycles. The Hall–Kier alpha value is -2.69. The first-order valence-electron chi connectivity index (χ1n) is 6.98. The number of hydrogen-bond donors (Lipinski definition) is 1. The summed E-state index contributed by atoms with van der Waals surface area (Å²) in [6, 6.07) is 10.6. The van der Waals surface area contributed by atoms with Crippen LogP contribution in [0.4, 0.5) is 11.4 Å². The van der Waals surface area contributed by atoms with Crippen molar-refractivity contribution in [3.05, 3.63) is 68.8 Å². The van der Waals surface area contributed by atoms with Gasteiger partial charge in [-0.2, -0.15) is 0 Å². The lowest BCUT2D eigenvalue weighted by Gasteiger charge is -2.13. The predicted octanol–water partition coefficient (Wildman–Crippen LogP) is 3.76. The van der Waals surface area contributed by atoms with E-state index in [1.807, 2.05) is 26.0 Å².